The maximum atomic E-state index is 10.9. The van der Waals surface area contributed by atoms with Crippen LogP contribution in [0.15, 0.2) is 12.2 Å². The zero-order valence-corrected chi connectivity index (χ0v) is 16.2. The molecule has 4 nitrogen and oxygen atoms in total. The lowest BCUT2D eigenvalue weighted by molar-refractivity contribution is -0.149. The van der Waals surface area contributed by atoms with E-state index in [0.717, 1.165) is 12.8 Å². The molecular formula is C21H38N2O2. The first-order chi connectivity index (χ1) is 12.3. The molecule has 1 N–H and O–H groups in total. The molecule has 0 saturated heterocycles. The highest BCUT2D eigenvalue weighted by molar-refractivity contribution is 5.71. The molecule has 0 rings (SSSR count). The Hall–Kier alpha value is -1.34. The van der Waals surface area contributed by atoms with Gasteiger partial charge in [-0.05, 0) is 32.1 Å². The number of unbranched alkanes of at least 4 members (excludes halogenated alkanes) is 12. The predicted octanol–water partition coefficient (Wildman–Crippen LogP) is 5.99. The number of hydrogen-bond donors (Lipinski definition) is 1. The van der Waals surface area contributed by atoms with Gasteiger partial charge in [0, 0.05) is 6.54 Å². The third kappa shape index (κ3) is 20.6. The van der Waals surface area contributed by atoms with Gasteiger partial charge in [0.15, 0.2) is 0 Å². The lowest BCUT2D eigenvalue weighted by Gasteiger charge is -2.04. The van der Waals surface area contributed by atoms with Crippen molar-refractivity contribution in [1.29, 1.82) is 5.26 Å². The van der Waals surface area contributed by atoms with Gasteiger partial charge < -0.3 is 4.84 Å². The zero-order chi connectivity index (χ0) is 18.4. The van der Waals surface area contributed by atoms with Gasteiger partial charge in [0.25, 0.3) is 0 Å². The molecule has 0 aliphatic rings. The van der Waals surface area contributed by atoms with E-state index in [9.17, 15) is 4.79 Å². The van der Waals surface area contributed by atoms with Crippen LogP contribution < -0.4 is 5.48 Å². The highest BCUT2D eigenvalue weighted by atomic mass is 16.7. The van der Waals surface area contributed by atoms with Gasteiger partial charge in [-0.1, -0.05) is 76.9 Å². The van der Waals surface area contributed by atoms with Crippen LogP contribution in [-0.2, 0) is 9.63 Å². The summed E-state index contributed by atoms with van der Waals surface area (Å²) in [6, 6.07) is 1.76. The number of hydroxylamine groups is 1. The monoisotopic (exact) mass is 350 g/mol. The van der Waals surface area contributed by atoms with Gasteiger partial charge in [-0.3, -0.25) is 0 Å². The highest BCUT2D eigenvalue weighted by Gasteiger charge is 1.99. The smallest absolute Gasteiger partial charge is 0.338 e. The molecule has 0 heterocycles. The second kappa shape index (κ2) is 20.7. The molecule has 0 unspecified atom stereocenters. The van der Waals surface area contributed by atoms with Crippen molar-refractivity contribution in [2.75, 3.05) is 6.54 Å². The van der Waals surface area contributed by atoms with E-state index in [1.165, 1.54) is 77.0 Å². The summed E-state index contributed by atoms with van der Waals surface area (Å²) in [7, 11) is 0. The number of carbonyl (C=O) groups excluding carboxylic acids is 1. The second-order valence-electron chi connectivity index (χ2n) is 6.64. The van der Waals surface area contributed by atoms with E-state index in [1.54, 1.807) is 6.07 Å². The van der Waals surface area contributed by atoms with E-state index >= 15 is 0 Å². The molecule has 25 heavy (non-hydrogen) atoms. The molecule has 0 aliphatic heterocycles. The summed E-state index contributed by atoms with van der Waals surface area (Å²) < 4.78 is 0. The van der Waals surface area contributed by atoms with Crippen LogP contribution in [0.25, 0.3) is 0 Å². The third-order valence-electron chi connectivity index (χ3n) is 4.20. The molecule has 144 valence electrons. The predicted molar refractivity (Wildman–Crippen MR) is 104 cm³/mol. The first kappa shape index (κ1) is 23.7. The molecular weight excluding hydrogens is 312 g/mol. The summed E-state index contributed by atoms with van der Waals surface area (Å²) in [6.45, 7) is 2.93. The fourth-order valence-corrected chi connectivity index (χ4v) is 2.68. The minimum absolute atomic E-state index is 0.194. The summed E-state index contributed by atoms with van der Waals surface area (Å²) in [5.41, 5.74) is 2.61. The van der Waals surface area contributed by atoms with Gasteiger partial charge in [-0.2, -0.15) is 10.7 Å². The van der Waals surface area contributed by atoms with Crippen molar-refractivity contribution < 1.29 is 9.63 Å². The Balaban J connectivity index is 3.12. The number of allylic oxidation sites excluding steroid dienone is 2. The van der Waals surface area contributed by atoms with Gasteiger partial charge in [0.2, 0.25) is 0 Å². The van der Waals surface area contributed by atoms with Gasteiger partial charge in [-0.25, -0.2) is 4.79 Å². The van der Waals surface area contributed by atoms with Gasteiger partial charge in [0.05, 0.1) is 6.07 Å². The van der Waals surface area contributed by atoms with Crippen LogP contribution in [0.4, 0.5) is 0 Å². The zero-order valence-electron chi connectivity index (χ0n) is 16.2. The Bertz CT molecular complexity index is 361. The quantitative estimate of drug-likeness (QED) is 0.187. The molecule has 0 radical (unpaired) electrons. The summed E-state index contributed by atoms with van der Waals surface area (Å²) in [4.78, 5) is 15.6. The van der Waals surface area contributed by atoms with Crippen LogP contribution in [-0.4, -0.2) is 12.5 Å². The van der Waals surface area contributed by atoms with E-state index in [4.69, 9.17) is 5.26 Å². The van der Waals surface area contributed by atoms with Crippen molar-refractivity contribution in [2.24, 2.45) is 0 Å². The largest absolute Gasteiger partial charge is 0.370 e. The molecule has 0 amide bonds. The summed E-state index contributed by atoms with van der Waals surface area (Å²) >= 11 is 0. The minimum atomic E-state index is -0.507. The van der Waals surface area contributed by atoms with E-state index < -0.39 is 5.97 Å². The molecule has 0 aromatic rings. The molecule has 0 bridgehead atoms. The number of nitriles is 1. The Kier molecular flexibility index (Phi) is 19.6. The number of rotatable bonds is 18. The minimum Gasteiger partial charge on any atom is -0.370 e. The van der Waals surface area contributed by atoms with Crippen molar-refractivity contribution >= 4 is 5.97 Å². The van der Waals surface area contributed by atoms with Crippen molar-refractivity contribution in [1.82, 2.24) is 5.48 Å². The van der Waals surface area contributed by atoms with E-state index in [2.05, 4.69) is 29.4 Å². The standard InChI is InChI=1S/C21H38N2O2/c1-2-3-4-5-6-7-8-9-10-11-12-13-14-15-16-17-20-23-25-21(24)18-19-22/h9-10,23H,2-8,11-18,20H2,1H3/b10-9-. The highest BCUT2D eigenvalue weighted by Crippen LogP contribution is 2.09. The Morgan fingerprint density at radius 2 is 1.40 bits per heavy atom. The van der Waals surface area contributed by atoms with Crippen molar-refractivity contribution in [3.63, 3.8) is 0 Å². The second-order valence-corrected chi connectivity index (χ2v) is 6.64. The van der Waals surface area contributed by atoms with Crippen LogP contribution in [0, 0.1) is 11.3 Å². The summed E-state index contributed by atoms with van der Waals surface area (Å²) in [6.07, 6.45) is 22.5. The molecule has 0 aliphatic carbocycles. The lowest BCUT2D eigenvalue weighted by Crippen LogP contribution is -2.20. The van der Waals surface area contributed by atoms with Crippen molar-refractivity contribution in [2.45, 2.75) is 103 Å². The van der Waals surface area contributed by atoms with Crippen LogP contribution >= 0.6 is 0 Å². The van der Waals surface area contributed by atoms with Crippen molar-refractivity contribution in [3.8, 4) is 6.07 Å². The Labute approximate surface area is 155 Å². The Morgan fingerprint density at radius 3 is 1.96 bits per heavy atom. The molecule has 0 spiro atoms. The fourth-order valence-electron chi connectivity index (χ4n) is 2.68. The van der Waals surface area contributed by atoms with Crippen LogP contribution in [0.2, 0.25) is 0 Å². The van der Waals surface area contributed by atoms with E-state index in [-0.39, 0.29) is 6.42 Å². The van der Waals surface area contributed by atoms with Gasteiger partial charge in [-0.15, -0.1) is 0 Å². The number of carbonyl (C=O) groups is 1. The third-order valence-corrected chi connectivity index (χ3v) is 4.20. The van der Waals surface area contributed by atoms with Gasteiger partial charge >= 0.3 is 5.97 Å². The summed E-state index contributed by atoms with van der Waals surface area (Å²) in [5, 5.41) is 8.31. The normalized spacial score (nSPS) is 10.9. The van der Waals surface area contributed by atoms with E-state index in [0.29, 0.717) is 6.54 Å². The molecule has 0 fully saturated rings. The SMILES string of the molecule is CCCCCCCC/C=C\CCCCCCCCNOC(=O)CC#N. The molecule has 0 saturated carbocycles. The van der Waals surface area contributed by atoms with E-state index in [1.807, 2.05) is 0 Å². The van der Waals surface area contributed by atoms with Gasteiger partial charge in [0.1, 0.15) is 6.42 Å². The first-order valence-electron chi connectivity index (χ1n) is 10.3. The Morgan fingerprint density at radius 1 is 0.880 bits per heavy atom. The number of nitrogens with one attached hydrogen (secondary N) is 1. The molecule has 0 aromatic heterocycles. The molecule has 4 heteroatoms. The average Bonchev–Trinajstić information content (AvgIpc) is 2.61. The maximum Gasteiger partial charge on any atom is 0.338 e. The fraction of sp³-hybridized carbons (Fsp3) is 0.810. The summed E-state index contributed by atoms with van der Waals surface area (Å²) in [5.74, 6) is -0.507. The van der Waals surface area contributed by atoms with Crippen LogP contribution in [0.1, 0.15) is 103 Å². The molecule has 0 atom stereocenters. The average molecular weight is 351 g/mol. The first-order valence-corrected chi connectivity index (χ1v) is 10.3. The number of nitrogens with zero attached hydrogens (tertiary/aromatic N) is 1. The maximum absolute atomic E-state index is 10.9. The lowest BCUT2D eigenvalue weighted by atomic mass is 10.1. The topological polar surface area (TPSA) is 62.1 Å². The number of hydrogen-bond acceptors (Lipinski definition) is 4. The van der Waals surface area contributed by atoms with Crippen molar-refractivity contribution in [3.05, 3.63) is 12.2 Å². The van der Waals surface area contributed by atoms with Crippen LogP contribution in [0.5, 0.6) is 0 Å². The van der Waals surface area contributed by atoms with Crippen LogP contribution in [0.3, 0.4) is 0 Å². The molecule has 0 aromatic carbocycles.